The number of ether oxygens (including phenoxy) is 1. The number of nitrogens with one attached hydrogen (secondary N) is 2. The van der Waals surface area contributed by atoms with E-state index in [4.69, 9.17) is 16.3 Å². The average Bonchev–Trinajstić information content (AvgIpc) is 3.04. The number of halogens is 1. The Bertz CT molecular complexity index is 884. The highest BCUT2D eigenvalue weighted by atomic mass is 35.5. The molecule has 1 atom stereocenters. The van der Waals surface area contributed by atoms with Gasteiger partial charge in [0.05, 0.1) is 18.7 Å². The quantitative estimate of drug-likeness (QED) is 0.583. The fourth-order valence-electron chi connectivity index (χ4n) is 2.51. The first kappa shape index (κ1) is 18.2. The van der Waals surface area contributed by atoms with Gasteiger partial charge < -0.3 is 15.4 Å². The van der Waals surface area contributed by atoms with Crippen molar-refractivity contribution < 1.29 is 14.3 Å². The molecule has 11 heteroatoms. The third-order valence-electron chi connectivity index (χ3n) is 3.70. The molecule has 26 heavy (non-hydrogen) atoms. The van der Waals surface area contributed by atoms with Crippen molar-refractivity contribution in [3.63, 3.8) is 0 Å². The van der Waals surface area contributed by atoms with E-state index in [-0.39, 0.29) is 11.3 Å². The third-order valence-corrected chi connectivity index (χ3v) is 5.08. The first-order valence-corrected chi connectivity index (χ1v) is 8.86. The number of carbonyl (C=O) groups is 2. The zero-order chi connectivity index (χ0) is 18.7. The molecule has 1 aromatic carbocycles. The predicted octanol–water partition coefficient (Wildman–Crippen LogP) is 1.44. The van der Waals surface area contributed by atoms with Crippen molar-refractivity contribution in [3.8, 4) is 0 Å². The highest BCUT2D eigenvalue weighted by Crippen LogP contribution is 2.33. The van der Waals surface area contributed by atoms with Crippen molar-refractivity contribution in [2.45, 2.75) is 11.2 Å². The SMILES string of the molecule is COC(=O)C1=C(CSc2nnnn2C)NC(=O)N[C@@H]1c1ccccc1Cl. The molecule has 1 aromatic heterocycles. The predicted molar refractivity (Wildman–Crippen MR) is 94.4 cm³/mol. The summed E-state index contributed by atoms with van der Waals surface area (Å²) >= 11 is 7.54. The molecule has 2 N–H and O–H groups in total. The fraction of sp³-hybridized carbons (Fsp3) is 0.267. The Morgan fingerprint density at radius 2 is 2.19 bits per heavy atom. The molecule has 0 radical (unpaired) electrons. The van der Waals surface area contributed by atoms with Gasteiger partial charge in [-0.25, -0.2) is 14.3 Å². The summed E-state index contributed by atoms with van der Waals surface area (Å²) in [6.45, 7) is 0. The third kappa shape index (κ3) is 3.65. The molecular weight excluding hydrogens is 380 g/mol. The van der Waals surface area contributed by atoms with Crippen molar-refractivity contribution in [1.82, 2.24) is 30.8 Å². The number of aryl methyl sites for hydroxylation is 1. The van der Waals surface area contributed by atoms with Crippen LogP contribution >= 0.6 is 23.4 Å². The number of carbonyl (C=O) groups excluding carboxylic acids is 2. The second-order valence-corrected chi connectivity index (χ2v) is 6.66. The molecule has 0 saturated heterocycles. The number of urea groups is 1. The first-order chi connectivity index (χ1) is 12.5. The molecule has 3 rings (SSSR count). The summed E-state index contributed by atoms with van der Waals surface area (Å²) in [4.78, 5) is 24.6. The van der Waals surface area contributed by atoms with Crippen LogP contribution in [-0.2, 0) is 16.6 Å². The summed E-state index contributed by atoms with van der Waals surface area (Å²) in [6, 6.07) is 5.84. The second-order valence-electron chi connectivity index (χ2n) is 5.31. The lowest BCUT2D eigenvalue weighted by Crippen LogP contribution is -2.46. The maximum Gasteiger partial charge on any atom is 0.338 e. The van der Waals surface area contributed by atoms with Gasteiger partial charge in [-0.15, -0.1) is 5.10 Å². The van der Waals surface area contributed by atoms with Gasteiger partial charge in [0, 0.05) is 23.5 Å². The molecule has 0 unspecified atom stereocenters. The molecule has 1 aliphatic heterocycles. The van der Waals surface area contributed by atoms with Gasteiger partial charge in [0.1, 0.15) is 0 Å². The molecule has 2 aromatic rings. The van der Waals surface area contributed by atoms with Crippen LogP contribution in [0.3, 0.4) is 0 Å². The van der Waals surface area contributed by atoms with Crippen LogP contribution in [0.15, 0.2) is 40.7 Å². The van der Waals surface area contributed by atoms with Gasteiger partial charge in [-0.05, 0) is 22.1 Å². The lowest BCUT2D eigenvalue weighted by molar-refractivity contribution is -0.136. The Morgan fingerprint density at radius 1 is 1.42 bits per heavy atom. The normalized spacial score (nSPS) is 16.9. The van der Waals surface area contributed by atoms with Crippen LogP contribution in [-0.4, -0.2) is 45.1 Å². The minimum Gasteiger partial charge on any atom is -0.466 e. The van der Waals surface area contributed by atoms with E-state index in [1.54, 1.807) is 31.3 Å². The maximum atomic E-state index is 12.4. The van der Waals surface area contributed by atoms with Crippen molar-refractivity contribution >= 4 is 35.4 Å². The minimum absolute atomic E-state index is 0.271. The number of tetrazole rings is 1. The van der Waals surface area contributed by atoms with Gasteiger partial charge in [-0.1, -0.05) is 41.6 Å². The van der Waals surface area contributed by atoms with Crippen LogP contribution < -0.4 is 10.6 Å². The van der Waals surface area contributed by atoms with Crippen LogP contribution in [0.5, 0.6) is 0 Å². The molecule has 2 amide bonds. The number of benzene rings is 1. The van der Waals surface area contributed by atoms with Crippen molar-refractivity contribution in [2.24, 2.45) is 7.05 Å². The monoisotopic (exact) mass is 394 g/mol. The number of aromatic nitrogens is 4. The highest BCUT2D eigenvalue weighted by Gasteiger charge is 2.34. The molecule has 1 aliphatic rings. The smallest absolute Gasteiger partial charge is 0.338 e. The highest BCUT2D eigenvalue weighted by molar-refractivity contribution is 7.99. The number of nitrogens with zero attached hydrogens (tertiary/aromatic N) is 4. The van der Waals surface area contributed by atoms with E-state index in [9.17, 15) is 9.59 Å². The van der Waals surface area contributed by atoms with Crippen LogP contribution in [0.1, 0.15) is 11.6 Å². The molecular formula is C15H15ClN6O3S. The topological polar surface area (TPSA) is 111 Å². The van der Waals surface area contributed by atoms with Crippen LogP contribution in [0.25, 0.3) is 0 Å². The molecule has 0 bridgehead atoms. The van der Waals surface area contributed by atoms with Crippen molar-refractivity contribution in [1.29, 1.82) is 0 Å². The van der Waals surface area contributed by atoms with Crippen molar-refractivity contribution in [3.05, 3.63) is 46.1 Å². The number of methoxy groups -OCH3 is 1. The van der Waals surface area contributed by atoms with Crippen LogP contribution in [0.4, 0.5) is 4.79 Å². The molecule has 2 heterocycles. The summed E-state index contributed by atoms with van der Waals surface area (Å²) in [5.74, 6) is -0.290. The summed E-state index contributed by atoms with van der Waals surface area (Å²) in [5, 5.41) is 17.6. The number of esters is 1. The number of amides is 2. The van der Waals surface area contributed by atoms with Crippen LogP contribution in [0, 0.1) is 0 Å². The van der Waals surface area contributed by atoms with Gasteiger partial charge >= 0.3 is 12.0 Å². The van der Waals surface area contributed by atoms with Gasteiger partial charge in [-0.3, -0.25) is 0 Å². The number of thioether (sulfide) groups is 1. The molecule has 0 aliphatic carbocycles. The van der Waals surface area contributed by atoms with E-state index in [1.165, 1.54) is 23.6 Å². The van der Waals surface area contributed by atoms with E-state index in [1.807, 2.05) is 0 Å². The van der Waals surface area contributed by atoms with Gasteiger partial charge in [-0.2, -0.15) is 0 Å². The largest absolute Gasteiger partial charge is 0.466 e. The summed E-state index contributed by atoms with van der Waals surface area (Å²) in [6.07, 6.45) is 0. The molecule has 9 nitrogen and oxygen atoms in total. The first-order valence-electron chi connectivity index (χ1n) is 7.49. The van der Waals surface area contributed by atoms with E-state index in [0.717, 1.165) is 0 Å². The lowest BCUT2D eigenvalue weighted by Gasteiger charge is -2.29. The standard InChI is InChI=1S/C15H15ClN6O3S/c1-22-15(19-20-21-22)26-7-10-11(13(23)25-2)12(18-14(24)17-10)8-5-3-4-6-9(8)16/h3-6,12H,7H2,1-2H3,(H2,17,18,24)/t12-/m1/s1. The maximum absolute atomic E-state index is 12.4. The lowest BCUT2D eigenvalue weighted by atomic mass is 9.95. The zero-order valence-corrected chi connectivity index (χ0v) is 15.5. The fourth-order valence-corrected chi connectivity index (χ4v) is 3.57. The molecule has 0 spiro atoms. The molecule has 136 valence electrons. The van der Waals surface area contributed by atoms with E-state index < -0.39 is 18.0 Å². The summed E-state index contributed by atoms with van der Waals surface area (Å²) < 4.78 is 6.42. The zero-order valence-electron chi connectivity index (χ0n) is 13.9. The van der Waals surface area contributed by atoms with Crippen molar-refractivity contribution in [2.75, 3.05) is 12.9 Å². The summed E-state index contributed by atoms with van der Waals surface area (Å²) in [7, 11) is 2.98. The Hall–Kier alpha value is -2.59. The second kappa shape index (κ2) is 7.75. The van der Waals surface area contributed by atoms with Gasteiger partial charge in [0.15, 0.2) is 0 Å². The Balaban J connectivity index is 2.00. The number of rotatable bonds is 5. The number of hydrogen-bond acceptors (Lipinski definition) is 7. The van der Waals surface area contributed by atoms with Crippen LogP contribution in [0.2, 0.25) is 5.02 Å². The number of hydrogen-bond donors (Lipinski definition) is 2. The van der Waals surface area contributed by atoms with Gasteiger partial charge in [0.2, 0.25) is 5.16 Å². The Labute approximate surface area is 158 Å². The Morgan fingerprint density at radius 3 is 2.85 bits per heavy atom. The average molecular weight is 395 g/mol. The molecule has 0 fully saturated rings. The molecule has 0 saturated carbocycles. The van der Waals surface area contributed by atoms with Gasteiger partial charge in [0.25, 0.3) is 0 Å². The van der Waals surface area contributed by atoms with E-state index >= 15 is 0 Å². The van der Waals surface area contributed by atoms with E-state index in [2.05, 4.69) is 26.2 Å². The minimum atomic E-state index is -0.724. The van der Waals surface area contributed by atoms with E-state index in [0.29, 0.717) is 21.4 Å². The summed E-state index contributed by atoms with van der Waals surface area (Å²) in [5.41, 5.74) is 1.30. The Kier molecular flexibility index (Phi) is 5.43.